The number of hydrogen-bond acceptors (Lipinski definition) is 10. The van der Waals surface area contributed by atoms with Gasteiger partial charge in [-0.1, -0.05) is 23.4 Å². The molecule has 0 amide bonds. The Kier molecular flexibility index (Phi) is 7.08. The number of nitrogens with two attached hydrogens (primary N) is 1. The number of hydrogen-bond donors (Lipinski definition) is 2. The SMILES string of the molecule is CCc1cc(-c2noc3cc(-c4ncc(N5CCCNCC5)s4)cc(OC)c23)c(OC)c(S(N)(=O)=O)c1. The van der Waals surface area contributed by atoms with Crippen molar-refractivity contribution in [3.8, 4) is 33.3 Å². The van der Waals surface area contributed by atoms with Gasteiger partial charge >= 0.3 is 0 Å². The molecule has 5 rings (SSSR count). The normalized spacial score (nSPS) is 14.6. The summed E-state index contributed by atoms with van der Waals surface area (Å²) < 4.78 is 41.7. The van der Waals surface area contributed by atoms with Crippen molar-refractivity contribution in [2.45, 2.75) is 24.7 Å². The number of thiazole rings is 1. The fourth-order valence-corrected chi connectivity index (χ4v) is 6.30. The maximum absolute atomic E-state index is 12.3. The number of aryl methyl sites for hydroxylation is 1. The number of methoxy groups -OCH3 is 2. The van der Waals surface area contributed by atoms with Gasteiger partial charge in [-0.05, 0) is 49.2 Å². The second-order valence-electron chi connectivity index (χ2n) is 8.75. The molecule has 0 bridgehead atoms. The van der Waals surface area contributed by atoms with Crippen LogP contribution in [-0.4, -0.2) is 59.0 Å². The topological polar surface area (TPSA) is 133 Å². The number of nitrogens with zero attached hydrogens (tertiary/aromatic N) is 3. The van der Waals surface area contributed by atoms with Gasteiger partial charge in [0.25, 0.3) is 0 Å². The molecule has 1 saturated heterocycles. The fourth-order valence-electron chi connectivity index (χ4n) is 4.58. The van der Waals surface area contributed by atoms with Gasteiger partial charge < -0.3 is 24.2 Å². The fraction of sp³-hybridized carbons (Fsp3) is 0.360. The van der Waals surface area contributed by atoms with Gasteiger partial charge in [0.2, 0.25) is 10.0 Å². The third kappa shape index (κ3) is 4.89. The second kappa shape index (κ2) is 10.3. The molecule has 1 aliphatic heterocycles. The molecule has 196 valence electrons. The van der Waals surface area contributed by atoms with Crippen molar-refractivity contribution < 1.29 is 22.4 Å². The maximum Gasteiger partial charge on any atom is 0.241 e. The van der Waals surface area contributed by atoms with Gasteiger partial charge in [0.1, 0.15) is 32.1 Å². The van der Waals surface area contributed by atoms with Crippen LogP contribution in [-0.2, 0) is 16.4 Å². The lowest BCUT2D eigenvalue weighted by Gasteiger charge is -2.19. The van der Waals surface area contributed by atoms with Gasteiger partial charge in [0.15, 0.2) is 5.58 Å². The van der Waals surface area contributed by atoms with Gasteiger partial charge in [0.05, 0.1) is 25.8 Å². The Balaban J connectivity index is 1.62. The molecule has 10 nitrogen and oxygen atoms in total. The predicted octanol–water partition coefficient (Wildman–Crippen LogP) is 3.65. The molecule has 0 radical (unpaired) electrons. The molecule has 3 heterocycles. The Morgan fingerprint density at radius 3 is 2.73 bits per heavy atom. The minimum Gasteiger partial charge on any atom is -0.496 e. The highest BCUT2D eigenvalue weighted by atomic mass is 32.2. The number of ether oxygens (including phenoxy) is 2. The number of benzene rings is 2. The lowest BCUT2D eigenvalue weighted by Crippen LogP contribution is -2.26. The molecular weight excluding hydrogens is 514 g/mol. The van der Waals surface area contributed by atoms with Crippen molar-refractivity contribution in [2.24, 2.45) is 5.14 Å². The molecule has 1 aliphatic rings. The van der Waals surface area contributed by atoms with Crippen molar-refractivity contribution in [2.75, 3.05) is 45.3 Å². The smallest absolute Gasteiger partial charge is 0.241 e. The van der Waals surface area contributed by atoms with E-state index in [1.165, 1.54) is 13.2 Å². The lowest BCUT2D eigenvalue weighted by atomic mass is 10.0. The van der Waals surface area contributed by atoms with E-state index in [1.807, 2.05) is 31.3 Å². The molecule has 3 N–H and O–H groups in total. The number of rotatable bonds is 7. The number of nitrogens with one attached hydrogen (secondary N) is 1. The van der Waals surface area contributed by atoms with Crippen LogP contribution in [0, 0.1) is 0 Å². The monoisotopic (exact) mass is 543 g/mol. The minimum absolute atomic E-state index is 0.102. The zero-order valence-electron chi connectivity index (χ0n) is 20.9. The quantitative estimate of drug-likeness (QED) is 0.358. The first-order chi connectivity index (χ1) is 17.8. The maximum atomic E-state index is 12.3. The standard InChI is InChI=1S/C25H29N5O5S2/c1-4-15-10-17(24(34-3)20(11-15)37(26,31)32)23-22-18(33-2)12-16(13-19(22)35-29-23)25-28-14-21(36-25)30-8-5-6-27-7-9-30/h10-14,27H,4-9H2,1-3H3,(H2,26,31,32). The molecule has 0 atom stereocenters. The average molecular weight is 544 g/mol. The Hall–Kier alpha value is -3.19. The van der Waals surface area contributed by atoms with Gasteiger partial charge in [-0.15, -0.1) is 0 Å². The van der Waals surface area contributed by atoms with E-state index in [2.05, 4.69) is 20.4 Å². The summed E-state index contributed by atoms with van der Waals surface area (Å²) in [6.07, 6.45) is 3.59. The second-order valence-corrected chi connectivity index (χ2v) is 11.3. The summed E-state index contributed by atoms with van der Waals surface area (Å²) in [5.74, 6) is 0.637. The molecule has 0 aliphatic carbocycles. The van der Waals surface area contributed by atoms with E-state index in [4.69, 9.17) is 19.1 Å². The highest BCUT2D eigenvalue weighted by Crippen LogP contribution is 2.44. The Bertz CT molecular complexity index is 1540. The van der Waals surface area contributed by atoms with Crippen molar-refractivity contribution in [3.05, 3.63) is 36.0 Å². The van der Waals surface area contributed by atoms with Crippen LogP contribution in [0.3, 0.4) is 0 Å². The molecule has 1 fully saturated rings. The van der Waals surface area contributed by atoms with Crippen LogP contribution in [0.1, 0.15) is 18.9 Å². The van der Waals surface area contributed by atoms with E-state index in [9.17, 15) is 8.42 Å². The van der Waals surface area contributed by atoms with Crippen LogP contribution in [0.5, 0.6) is 11.5 Å². The van der Waals surface area contributed by atoms with Gasteiger partial charge in [-0.25, -0.2) is 18.5 Å². The van der Waals surface area contributed by atoms with E-state index in [0.29, 0.717) is 34.4 Å². The van der Waals surface area contributed by atoms with Gasteiger partial charge in [-0.2, -0.15) is 0 Å². The van der Waals surface area contributed by atoms with E-state index >= 15 is 0 Å². The highest BCUT2D eigenvalue weighted by molar-refractivity contribution is 7.89. The minimum atomic E-state index is -4.04. The van der Waals surface area contributed by atoms with Gasteiger partial charge in [-0.3, -0.25) is 0 Å². The average Bonchev–Trinajstić information content (AvgIpc) is 3.47. The van der Waals surface area contributed by atoms with Crippen LogP contribution in [0.15, 0.2) is 39.9 Å². The predicted molar refractivity (Wildman–Crippen MR) is 144 cm³/mol. The molecule has 37 heavy (non-hydrogen) atoms. The van der Waals surface area contributed by atoms with Crippen molar-refractivity contribution in [1.82, 2.24) is 15.5 Å². The largest absolute Gasteiger partial charge is 0.496 e. The number of primary sulfonamides is 1. The Labute approximate surface area is 219 Å². The first-order valence-corrected chi connectivity index (χ1v) is 14.3. The van der Waals surface area contributed by atoms with Crippen molar-refractivity contribution in [3.63, 3.8) is 0 Å². The summed E-state index contributed by atoms with van der Waals surface area (Å²) in [6.45, 7) is 5.82. The summed E-state index contributed by atoms with van der Waals surface area (Å²) in [5, 5.41) is 15.8. The Morgan fingerprint density at radius 2 is 2.00 bits per heavy atom. The lowest BCUT2D eigenvalue weighted by molar-refractivity contribution is 0.403. The number of sulfonamides is 1. The zero-order chi connectivity index (χ0) is 26.2. The number of aromatic nitrogens is 2. The van der Waals surface area contributed by atoms with Crippen LogP contribution in [0.25, 0.3) is 32.8 Å². The molecular formula is C25H29N5O5S2. The summed E-state index contributed by atoms with van der Waals surface area (Å²) in [7, 11) is -1.07. The summed E-state index contributed by atoms with van der Waals surface area (Å²) in [6, 6.07) is 7.13. The van der Waals surface area contributed by atoms with Gasteiger partial charge in [0, 0.05) is 30.8 Å². The summed E-state index contributed by atoms with van der Waals surface area (Å²) >= 11 is 1.62. The molecule has 0 unspecified atom stereocenters. The molecule has 4 aromatic rings. The van der Waals surface area contributed by atoms with Crippen LogP contribution in [0.4, 0.5) is 5.00 Å². The summed E-state index contributed by atoms with van der Waals surface area (Å²) in [4.78, 5) is 6.91. The molecule has 2 aromatic carbocycles. The third-order valence-electron chi connectivity index (χ3n) is 6.44. The zero-order valence-corrected chi connectivity index (χ0v) is 22.5. The van der Waals surface area contributed by atoms with Crippen molar-refractivity contribution >= 4 is 37.3 Å². The molecule has 2 aromatic heterocycles. The van der Waals surface area contributed by atoms with Crippen LogP contribution >= 0.6 is 11.3 Å². The van der Waals surface area contributed by atoms with E-state index in [-0.39, 0.29) is 10.6 Å². The molecule has 0 spiro atoms. The van der Waals surface area contributed by atoms with Crippen LogP contribution in [0.2, 0.25) is 0 Å². The number of anilines is 1. The van der Waals surface area contributed by atoms with E-state index < -0.39 is 10.0 Å². The third-order valence-corrected chi connectivity index (χ3v) is 8.46. The van der Waals surface area contributed by atoms with E-state index in [1.54, 1.807) is 18.4 Å². The van der Waals surface area contributed by atoms with Crippen LogP contribution < -0.4 is 24.8 Å². The van der Waals surface area contributed by atoms with Crippen molar-refractivity contribution in [1.29, 1.82) is 0 Å². The first-order valence-electron chi connectivity index (χ1n) is 12.0. The van der Waals surface area contributed by atoms with E-state index in [0.717, 1.165) is 53.7 Å². The molecule has 0 saturated carbocycles. The first kappa shape index (κ1) is 25.5. The number of fused-ring (bicyclic) bond motifs is 1. The summed E-state index contributed by atoms with van der Waals surface area (Å²) in [5.41, 5.74) is 2.97. The Morgan fingerprint density at radius 1 is 1.16 bits per heavy atom. The molecule has 12 heteroatoms. The highest BCUT2D eigenvalue weighted by Gasteiger charge is 2.26.